The van der Waals surface area contributed by atoms with Crippen molar-refractivity contribution in [1.82, 2.24) is 0 Å². The highest BCUT2D eigenvalue weighted by molar-refractivity contribution is 6.47. The van der Waals surface area contributed by atoms with Crippen molar-refractivity contribution in [3.8, 4) is 0 Å². The molecule has 166 valence electrons. The molecule has 1 aliphatic heterocycles. The predicted molar refractivity (Wildman–Crippen MR) is 109 cm³/mol. The number of carbonyl (C=O) groups excluding carboxylic acids is 4. The fourth-order valence-corrected chi connectivity index (χ4v) is 4.49. The molecule has 0 saturated carbocycles. The minimum atomic E-state index is -1.41. The number of ketones is 1. The van der Waals surface area contributed by atoms with E-state index in [4.69, 9.17) is 25.8 Å². The lowest BCUT2D eigenvalue weighted by Crippen LogP contribution is -2.42. The van der Waals surface area contributed by atoms with Gasteiger partial charge in [-0.15, -0.1) is 0 Å². The maximum absolute atomic E-state index is 12.8. The zero-order chi connectivity index (χ0) is 23.2. The van der Waals surface area contributed by atoms with Crippen molar-refractivity contribution in [2.24, 2.45) is 11.8 Å². The van der Waals surface area contributed by atoms with Gasteiger partial charge in [-0.1, -0.05) is 24.3 Å². The van der Waals surface area contributed by atoms with Crippen molar-refractivity contribution in [3.05, 3.63) is 45.6 Å². The Hall–Kier alpha value is -2.71. The smallest absolute Gasteiger partial charge is 0.337 e. The summed E-state index contributed by atoms with van der Waals surface area (Å²) in [5.74, 6) is -4.13. The van der Waals surface area contributed by atoms with Crippen LogP contribution in [0.25, 0.3) is 0 Å². The molecule has 0 amide bonds. The standard InChI is InChI=1S/C22H23ClO8/c1-6-12(7-29-11(5)24)22(28)31-20-15-10(4)21(27)30-19(15)14-8(2)16(23)18(26)13(14)9(3)17(20)25/h6,14-15,17,19-20,25H,4,7H2,1-3,5H3. The Morgan fingerprint density at radius 1 is 1.26 bits per heavy atom. The quantitative estimate of drug-likeness (QED) is 0.392. The molecule has 1 N–H and O–H groups in total. The molecule has 1 fully saturated rings. The number of fused-ring (bicyclic) bond motifs is 3. The van der Waals surface area contributed by atoms with Crippen LogP contribution in [0.5, 0.6) is 0 Å². The first-order valence-electron chi connectivity index (χ1n) is 9.70. The van der Waals surface area contributed by atoms with E-state index < -0.39 is 53.8 Å². The maximum atomic E-state index is 12.8. The van der Waals surface area contributed by atoms with Gasteiger partial charge in [0.05, 0.1) is 16.5 Å². The molecule has 3 aliphatic rings. The van der Waals surface area contributed by atoms with Crippen LogP contribution in [0.2, 0.25) is 0 Å². The molecule has 0 aromatic carbocycles. The summed E-state index contributed by atoms with van der Waals surface area (Å²) in [4.78, 5) is 48.9. The number of ether oxygens (including phenoxy) is 3. The van der Waals surface area contributed by atoms with Crippen LogP contribution in [0.15, 0.2) is 45.6 Å². The van der Waals surface area contributed by atoms with Gasteiger partial charge in [0.25, 0.3) is 0 Å². The van der Waals surface area contributed by atoms with Crippen LogP contribution >= 0.6 is 11.6 Å². The van der Waals surface area contributed by atoms with Crippen LogP contribution in [0.4, 0.5) is 0 Å². The Bertz CT molecular complexity index is 985. The fourth-order valence-electron chi connectivity index (χ4n) is 4.27. The minimum absolute atomic E-state index is 0.0203. The van der Waals surface area contributed by atoms with Gasteiger partial charge in [0.15, 0.2) is 0 Å². The van der Waals surface area contributed by atoms with Crippen molar-refractivity contribution in [1.29, 1.82) is 0 Å². The van der Waals surface area contributed by atoms with Crippen LogP contribution in [0.3, 0.4) is 0 Å². The van der Waals surface area contributed by atoms with E-state index in [2.05, 4.69) is 6.58 Å². The molecule has 2 aliphatic carbocycles. The SMILES string of the molecule is C=C1C(=O)OC2C3C(C)=C(Cl)C(=O)C3=C(C)C(O)C(OC(=O)C(=CC)COC(C)=O)C12. The molecule has 9 heteroatoms. The number of hydrogen-bond acceptors (Lipinski definition) is 8. The van der Waals surface area contributed by atoms with Crippen molar-refractivity contribution in [3.63, 3.8) is 0 Å². The summed E-state index contributed by atoms with van der Waals surface area (Å²) in [7, 11) is 0. The fraction of sp³-hybridized carbons (Fsp3) is 0.455. The number of aliphatic hydroxyl groups is 1. The molecule has 0 spiro atoms. The van der Waals surface area contributed by atoms with Crippen LogP contribution < -0.4 is 0 Å². The number of hydrogen-bond donors (Lipinski definition) is 1. The van der Waals surface area contributed by atoms with Gasteiger partial charge in [-0.2, -0.15) is 0 Å². The normalized spacial score (nSPS) is 30.7. The predicted octanol–water partition coefficient (Wildman–Crippen LogP) is 1.91. The second-order valence-electron chi connectivity index (χ2n) is 7.73. The van der Waals surface area contributed by atoms with E-state index in [9.17, 15) is 24.3 Å². The van der Waals surface area contributed by atoms with Crippen molar-refractivity contribution < 1.29 is 38.5 Å². The number of carbonyl (C=O) groups is 4. The van der Waals surface area contributed by atoms with Crippen molar-refractivity contribution in [2.75, 3.05) is 6.61 Å². The number of Topliss-reactive ketones (excluding diaryl/α,β-unsaturated/α-hetero) is 1. The number of esters is 3. The number of rotatable bonds is 4. The second kappa shape index (κ2) is 8.43. The molecule has 0 aromatic rings. The van der Waals surface area contributed by atoms with Gasteiger partial charge < -0.3 is 19.3 Å². The Labute approximate surface area is 184 Å². The summed E-state index contributed by atoms with van der Waals surface area (Å²) < 4.78 is 16.0. The minimum Gasteiger partial charge on any atom is -0.461 e. The Morgan fingerprint density at radius 2 is 1.90 bits per heavy atom. The summed E-state index contributed by atoms with van der Waals surface area (Å²) in [5.41, 5.74) is 1.11. The van der Waals surface area contributed by atoms with E-state index in [0.717, 1.165) is 0 Å². The largest absolute Gasteiger partial charge is 0.461 e. The molecule has 1 heterocycles. The zero-order valence-corrected chi connectivity index (χ0v) is 18.3. The highest BCUT2D eigenvalue weighted by Crippen LogP contribution is 2.50. The van der Waals surface area contributed by atoms with Crippen LogP contribution in [-0.2, 0) is 33.4 Å². The lowest BCUT2D eigenvalue weighted by atomic mass is 9.82. The number of aliphatic hydroxyl groups excluding tert-OH is 1. The van der Waals surface area contributed by atoms with Gasteiger partial charge in [0.1, 0.15) is 24.9 Å². The molecule has 31 heavy (non-hydrogen) atoms. The molecule has 0 radical (unpaired) electrons. The molecular weight excluding hydrogens is 428 g/mol. The Kier molecular flexibility index (Phi) is 6.25. The van der Waals surface area contributed by atoms with Gasteiger partial charge in [-0.3, -0.25) is 9.59 Å². The molecule has 8 nitrogen and oxygen atoms in total. The molecule has 0 aromatic heterocycles. The van der Waals surface area contributed by atoms with Crippen LogP contribution in [0, 0.1) is 11.8 Å². The van der Waals surface area contributed by atoms with E-state index in [1.807, 2.05) is 0 Å². The lowest BCUT2D eigenvalue weighted by molar-refractivity contribution is -0.155. The third kappa shape index (κ3) is 3.74. The van der Waals surface area contributed by atoms with E-state index in [0.29, 0.717) is 5.57 Å². The molecule has 5 atom stereocenters. The molecule has 3 rings (SSSR count). The van der Waals surface area contributed by atoms with Gasteiger partial charge in [-0.25, -0.2) is 9.59 Å². The highest BCUT2D eigenvalue weighted by Gasteiger charge is 2.57. The van der Waals surface area contributed by atoms with Gasteiger partial charge >= 0.3 is 17.9 Å². The average Bonchev–Trinajstić information content (AvgIpc) is 3.09. The maximum Gasteiger partial charge on any atom is 0.337 e. The number of allylic oxidation sites excluding steroid dienone is 2. The van der Waals surface area contributed by atoms with Crippen molar-refractivity contribution in [2.45, 2.75) is 46.0 Å². The van der Waals surface area contributed by atoms with Crippen LogP contribution in [-0.4, -0.2) is 53.7 Å². The van der Waals surface area contributed by atoms with E-state index >= 15 is 0 Å². The number of halogens is 1. The topological polar surface area (TPSA) is 116 Å². The first-order chi connectivity index (χ1) is 14.5. The first-order valence-corrected chi connectivity index (χ1v) is 10.1. The summed E-state index contributed by atoms with van der Waals surface area (Å²) in [5, 5.41) is 11.1. The third-order valence-corrected chi connectivity index (χ3v) is 6.45. The Balaban J connectivity index is 2.02. The summed E-state index contributed by atoms with van der Waals surface area (Å²) in [6, 6.07) is 0. The average molecular weight is 451 g/mol. The van der Waals surface area contributed by atoms with Gasteiger partial charge in [0, 0.05) is 24.0 Å². The molecule has 1 saturated heterocycles. The summed E-state index contributed by atoms with van der Waals surface area (Å²) in [6.45, 7) is 9.44. The molecule has 5 unspecified atom stereocenters. The third-order valence-electron chi connectivity index (χ3n) is 5.98. The second-order valence-corrected chi connectivity index (χ2v) is 8.11. The Morgan fingerprint density at radius 3 is 2.48 bits per heavy atom. The van der Waals surface area contributed by atoms with Gasteiger partial charge in [0.2, 0.25) is 5.78 Å². The summed E-state index contributed by atoms with van der Waals surface area (Å²) in [6.07, 6.45) is -2.15. The van der Waals surface area contributed by atoms with E-state index in [1.165, 1.54) is 13.0 Å². The molecule has 0 bridgehead atoms. The van der Waals surface area contributed by atoms with E-state index in [1.54, 1.807) is 20.8 Å². The van der Waals surface area contributed by atoms with Crippen LogP contribution in [0.1, 0.15) is 27.7 Å². The van der Waals surface area contributed by atoms with Gasteiger partial charge in [-0.05, 0) is 31.9 Å². The molecular formula is C22H23ClO8. The highest BCUT2D eigenvalue weighted by atomic mass is 35.5. The van der Waals surface area contributed by atoms with E-state index in [-0.39, 0.29) is 33.9 Å². The van der Waals surface area contributed by atoms with Crippen molar-refractivity contribution >= 4 is 35.3 Å². The lowest BCUT2D eigenvalue weighted by Gasteiger charge is -2.30. The zero-order valence-electron chi connectivity index (χ0n) is 17.6. The summed E-state index contributed by atoms with van der Waals surface area (Å²) >= 11 is 6.18. The monoisotopic (exact) mass is 450 g/mol. The first kappa shape index (κ1) is 23.0.